The van der Waals surface area contributed by atoms with Crippen LogP contribution in [0.15, 0.2) is 35.5 Å². The van der Waals surface area contributed by atoms with Gasteiger partial charge in [0.25, 0.3) is 0 Å². The molecule has 1 aromatic carbocycles. The van der Waals surface area contributed by atoms with Gasteiger partial charge < -0.3 is 14.9 Å². The monoisotopic (exact) mass is 332 g/mol. The highest BCUT2D eigenvalue weighted by Gasteiger charge is 2.24. The Hall–Kier alpha value is -2.21. The molecule has 0 heterocycles. The third-order valence-corrected chi connectivity index (χ3v) is 4.27. The normalized spacial score (nSPS) is 20.7. The second-order valence-electron chi connectivity index (χ2n) is 5.91. The van der Waals surface area contributed by atoms with E-state index >= 15 is 0 Å². The highest BCUT2D eigenvalue weighted by molar-refractivity contribution is 5.89. The quantitative estimate of drug-likeness (QED) is 0.359. The molecule has 0 aliphatic heterocycles. The first-order valence-electron chi connectivity index (χ1n) is 8.28. The van der Waals surface area contributed by atoms with Crippen LogP contribution in [0.25, 0.3) is 0 Å². The molecule has 24 heavy (non-hydrogen) atoms. The Labute approximate surface area is 142 Å². The molecule has 130 valence electrons. The standard InChI is InChI=1S/C18H24N2O4/c1-23-17(21)13-19-11-15-9-5-6-10-16(15)12-20-24-18(22)14-7-3-2-4-8-14/h2-4,7-8,12,15-16,19H,5-6,9-11,13H2,1H3/b20-12+/t15-,16?/m0/s1. The van der Waals surface area contributed by atoms with Gasteiger partial charge >= 0.3 is 11.9 Å². The lowest BCUT2D eigenvalue weighted by molar-refractivity contribution is -0.139. The van der Waals surface area contributed by atoms with Crippen molar-refractivity contribution in [3.05, 3.63) is 35.9 Å². The van der Waals surface area contributed by atoms with E-state index in [4.69, 9.17) is 4.84 Å². The topological polar surface area (TPSA) is 77.0 Å². The minimum absolute atomic E-state index is 0.208. The fraction of sp³-hybridized carbons (Fsp3) is 0.500. The number of methoxy groups -OCH3 is 1. The number of rotatable bonds is 7. The summed E-state index contributed by atoms with van der Waals surface area (Å²) in [5.41, 5.74) is 0.481. The summed E-state index contributed by atoms with van der Waals surface area (Å²) in [5, 5.41) is 7.00. The van der Waals surface area contributed by atoms with E-state index in [9.17, 15) is 9.59 Å². The number of hydrogen-bond donors (Lipinski definition) is 1. The first-order chi connectivity index (χ1) is 11.7. The number of carbonyl (C=O) groups excluding carboxylic acids is 2. The average Bonchev–Trinajstić information content (AvgIpc) is 2.63. The van der Waals surface area contributed by atoms with Crippen LogP contribution in [-0.2, 0) is 14.4 Å². The first-order valence-corrected chi connectivity index (χ1v) is 8.28. The molecule has 1 fully saturated rings. The molecule has 6 heteroatoms. The van der Waals surface area contributed by atoms with Crippen molar-refractivity contribution < 1.29 is 19.2 Å². The van der Waals surface area contributed by atoms with E-state index in [0.717, 1.165) is 25.8 Å². The van der Waals surface area contributed by atoms with Crippen molar-refractivity contribution >= 4 is 18.2 Å². The van der Waals surface area contributed by atoms with Crippen LogP contribution in [-0.4, -0.2) is 38.4 Å². The number of esters is 1. The molecular weight excluding hydrogens is 308 g/mol. The van der Waals surface area contributed by atoms with E-state index < -0.39 is 5.97 Å². The summed E-state index contributed by atoms with van der Waals surface area (Å²) in [6.45, 7) is 0.929. The van der Waals surface area contributed by atoms with Crippen LogP contribution in [0.5, 0.6) is 0 Å². The van der Waals surface area contributed by atoms with E-state index in [0.29, 0.717) is 11.5 Å². The van der Waals surface area contributed by atoms with Crippen molar-refractivity contribution in [2.24, 2.45) is 17.0 Å². The maximum atomic E-state index is 11.8. The van der Waals surface area contributed by atoms with Gasteiger partial charge in [-0.1, -0.05) is 36.2 Å². The van der Waals surface area contributed by atoms with Gasteiger partial charge in [0, 0.05) is 12.1 Å². The number of nitrogens with one attached hydrogen (secondary N) is 1. The largest absolute Gasteiger partial charge is 0.468 e. The van der Waals surface area contributed by atoms with Gasteiger partial charge in [-0.25, -0.2) is 4.79 Å². The smallest absolute Gasteiger partial charge is 0.365 e. The molecule has 1 aliphatic rings. The van der Waals surface area contributed by atoms with Crippen LogP contribution in [0, 0.1) is 11.8 Å². The number of nitrogens with zero attached hydrogens (tertiary/aromatic N) is 1. The lowest BCUT2D eigenvalue weighted by Gasteiger charge is -2.28. The Morgan fingerprint density at radius 3 is 2.75 bits per heavy atom. The molecule has 6 nitrogen and oxygen atoms in total. The molecular formula is C18H24N2O4. The molecule has 0 amide bonds. The summed E-state index contributed by atoms with van der Waals surface area (Å²) in [4.78, 5) is 28.0. The van der Waals surface area contributed by atoms with Crippen LogP contribution in [0.2, 0.25) is 0 Å². The van der Waals surface area contributed by atoms with E-state index in [1.165, 1.54) is 13.5 Å². The third kappa shape index (κ3) is 5.77. The number of carbonyl (C=O) groups is 2. The summed E-state index contributed by atoms with van der Waals surface area (Å²) in [5.74, 6) is -0.106. The molecule has 1 aliphatic carbocycles. The molecule has 0 spiro atoms. The number of benzene rings is 1. The minimum atomic E-state index is -0.456. The Morgan fingerprint density at radius 2 is 2.00 bits per heavy atom. The van der Waals surface area contributed by atoms with Crippen molar-refractivity contribution in [2.45, 2.75) is 25.7 Å². The fourth-order valence-corrected chi connectivity index (χ4v) is 2.90. The summed E-state index contributed by atoms with van der Waals surface area (Å²) in [6, 6.07) is 8.79. The Balaban J connectivity index is 1.81. The minimum Gasteiger partial charge on any atom is -0.468 e. The Bertz CT molecular complexity index is 559. The first kappa shape index (κ1) is 18.1. The molecule has 1 unspecified atom stereocenters. The Kier molecular flexibility index (Phi) is 7.42. The lowest BCUT2D eigenvalue weighted by atomic mass is 9.80. The molecule has 2 atom stereocenters. The summed E-state index contributed by atoms with van der Waals surface area (Å²) >= 11 is 0. The maximum Gasteiger partial charge on any atom is 0.365 e. The second kappa shape index (κ2) is 9.82. The number of ether oxygens (including phenoxy) is 1. The van der Waals surface area contributed by atoms with Crippen molar-refractivity contribution in [1.82, 2.24) is 5.32 Å². The predicted molar refractivity (Wildman–Crippen MR) is 90.7 cm³/mol. The van der Waals surface area contributed by atoms with Gasteiger partial charge in [0.15, 0.2) is 0 Å². The summed E-state index contributed by atoms with van der Waals surface area (Å²) < 4.78 is 4.61. The van der Waals surface area contributed by atoms with E-state index in [1.807, 2.05) is 6.07 Å². The zero-order chi connectivity index (χ0) is 17.2. The molecule has 1 N–H and O–H groups in total. The van der Waals surface area contributed by atoms with Crippen LogP contribution in [0.1, 0.15) is 36.0 Å². The average molecular weight is 332 g/mol. The predicted octanol–water partition coefficient (Wildman–Crippen LogP) is 2.40. The van der Waals surface area contributed by atoms with Gasteiger partial charge in [0.2, 0.25) is 0 Å². The molecule has 0 aromatic heterocycles. The van der Waals surface area contributed by atoms with Crippen LogP contribution in [0.4, 0.5) is 0 Å². The van der Waals surface area contributed by atoms with Crippen molar-refractivity contribution in [3.63, 3.8) is 0 Å². The molecule has 0 saturated heterocycles. The fourth-order valence-electron chi connectivity index (χ4n) is 2.90. The van der Waals surface area contributed by atoms with E-state index in [2.05, 4.69) is 15.2 Å². The van der Waals surface area contributed by atoms with E-state index in [1.54, 1.807) is 30.5 Å². The molecule has 2 rings (SSSR count). The Morgan fingerprint density at radius 1 is 1.25 bits per heavy atom. The number of oxime groups is 1. The van der Waals surface area contributed by atoms with Crippen LogP contribution < -0.4 is 5.32 Å². The zero-order valence-corrected chi connectivity index (χ0v) is 13.9. The molecule has 0 radical (unpaired) electrons. The van der Waals surface area contributed by atoms with Crippen molar-refractivity contribution in [1.29, 1.82) is 0 Å². The second-order valence-corrected chi connectivity index (χ2v) is 5.91. The van der Waals surface area contributed by atoms with Crippen LogP contribution in [0.3, 0.4) is 0 Å². The van der Waals surface area contributed by atoms with Gasteiger partial charge in [0.1, 0.15) is 0 Å². The van der Waals surface area contributed by atoms with Gasteiger partial charge in [0.05, 0.1) is 19.2 Å². The van der Waals surface area contributed by atoms with E-state index in [-0.39, 0.29) is 18.4 Å². The highest BCUT2D eigenvalue weighted by atomic mass is 16.7. The SMILES string of the molecule is COC(=O)CNC[C@@H]1CCCCC1/C=N/OC(=O)c1ccccc1. The molecule has 1 saturated carbocycles. The highest BCUT2D eigenvalue weighted by Crippen LogP contribution is 2.28. The van der Waals surface area contributed by atoms with Gasteiger partial charge in [-0.2, -0.15) is 0 Å². The van der Waals surface area contributed by atoms with Gasteiger partial charge in [-0.3, -0.25) is 4.79 Å². The van der Waals surface area contributed by atoms with Crippen molar-refractivity contribution in [3.8, 4) is 0 Å². The third-order valence-electron chi connectivity index (χ3n) is 4.27. The molecule has 1 aromatic rings. The summed E-state index contributed by atoms with van der Waals surface area (Å²) in [7, 11) is 1.38. The summed E-state index contributed by atoms with van der Waals surface area (Å²) in [6.07, 6.45) is 6.11. The van der Waals surface area contributed by atoms with Crippen LogP contribution >= 0.6 is 0 Å². The van der Waals surface area contributed by atoms with Crippen molar-refractivity contribution in [2.75, 3.05) is 20.2 Å². The number of hydrogen-bond acceptors (Lipinski definition) is 6. The zero-order valence-electron chi connectivity index (χ0n) is 13.9. The maximum absolute atomic E-state index is 11.8. The lowest BCUT2D eigenvalue weighted by Crippen LogP contribution is -2.34. The van der Waals surface area contributed by atoms with Gasteiger partial charge in [-0.15, -0.1) is 0 Å². The molecule has 0 bridgehead atoms. The van der Waals surface area contributed by atoms with Gasteiger partial charge in [-0.05, 0) is 37.4 Å².